The number of hydrogen-bond acceptors (Lipinski definition) is 4. The van der Waals surface area contributed by atoms with Gasteiger partial charge in [0.2, 0.25) is 0 Å². The van der Waals surface area contributed by atoms with Crippen molar-refractivity contribution < 1.29 is 9.13 Å². The van der Waals surface area contributed by atoms with Crippen molar-refractivity contribution >= 4 is 16.5 Å². The molecule has 2 unspecified atom stereocenters. The van der Waals surface area contributed by atoms with E-state index < -0.39 is 15.7 Å². The normalized spacial score (nSPS) is 14.2. The Bertz CT molecular complexity index is 421. The average molecular weight is 256 g/mol. The highest BCUT2D eigenvalue weighted by atomic mass is 32.2. The molecule has 0 saturated heterocycles. The lowest BCUT2D eigenvalue weighted by Gasteiger charge is -2.05. The van der Waals surface area contributed by atoms with Crippen LogP contribution in [0.2, 0.25) is 0 Å². The Balaban J connectivity index is 2.68. The van der Waals surface area contributed by atoms with Gasteiger partial charge in [0.1, 0.15) is 0 Å². The predicted molar refractivity (Wildman–Crippen MR) is 68.1 cm³/mol. The Morgan fingerprint density at radius 1 is 1.47 bits per heavy atom. The third kappa shape index (κ3) is 4.62. The third-order valence-electron chi connectivity index (χ3n) is 2.31. The SMILES string of the molecule is CC(N)CCS(=O)Cc1ccccc1[N+](=O)[O-]. The van der Waals surface area contributed by atoms with Gasteiger partial charge in [-0.25, -0.2) is 0 Å². The van der Waals surface area contributed by atoms with Crippen LogP contribution in [0.4, 0.5) is 5.69 Å². The van der Waals surface area contributed by atoms with E-state index in [2.05, 4.69) is 0 Å². The first kappa shape index (κ1) is 13.8. The van der Waals surface area contributed by atoms with E-state index in [-0.39, 0.29) is 17.5 Å². The van der Waals surface area contributed by atoms with Crippen molar-refractivity contribution in [2.75, 3.05) is 5.75 Å². The molecular weight excluding hydrogens is 240 g/mol. The van der Waals surface area contributed by atoms with E-state index in [9.17, 15) is 14.3 Å². The van der Waals surface area contributed by atoms with E-state index in [1.54, 1.807) is 18.2 Å². The molecule has 2 N–H and O–H groups in total. The fourth-order valence-corrected chi connectivity index (χ4v) is 2.74. The summed E-state index contributed by atoms with van der Waals surface area (Å²) in [5.74, 6) is 0.688. The first-order valence-corrected chi connectivity index (χ1v) is 6.82. The number of benzene rings is 1. The molecule has 1 aromatic carbocycles. The summed E-state index contributed by atoms with van der Waals surface area (Å²) in [6, 6.07) is 6.39. The molecule has 0 aromatic heterocycles. The van der Waals surface area contributed by atoms with E-state index in [0.717, 1.165) is 0 Å². The molecule has 6 heteroatoms. The van der Waals surface area contributed by atoms with Crippen molar-refractivity contribution in [3.05, 3.63) is 39.9 Å². The number of nitrogens with two attached hydrogens (primary N) is 1. The Kier molecular flexibility index (Phi) is 5.24. The fraction of sp³-hybridized carbons (Fsp3) is 0.455. The van der Waals surface area contributed by atoms with Gasteiger partial charge in [0, 0.05) is 34.2 Å². The maximum Gasteiger partial charge on any atom is 0.273 e. The first-order chi connectivity index (χ1) is 8.00. The molecule has 0 fully saturated rings. The average Bonchev–Trinajstić information content (AvgIpc) is 2.27. The smallest absolute Gasteiger partial charge is 0.273 e. The van der Waals surface area contributed by atoms with Gasteiger partial charge in [-0.15, -0.1) is 0 Å². The molecule has 0 radical (unpaired) electrons. The molecule has 17 heavy (non-hydrogen) atoms. The Morgan fingerprint density at radius 3 is 2.71 bits per heavy atom. The standard InChI is InChI=1S/C11H16N2O3S/c1-9(12)6-7-17(16)8-10-4-2-3-5-11(10)13(14)15/h2-5,9H,6-8,12H2,1H3. The molecule has 0 saturated carbocycles. The zero-order valence-electron chi connectivity index (χ0n) is 9.67. The maximum atomic E-state index is 11.7. The lowest BCUT2D eigenvalue weighted by molar-refractivity contribution is -0.385. The summed E-state index contributed by atoms with van der Waals surface area (Å²) < 4.78 is 11.7. The highest BCUT2D eigenvalue weighted by Crippen LogP contribution is 2.19. The number of nitro groups is 1. The molecule has 0 amide bonds. The van der Waals surface area contributed by atoms with Gasteiger partial charge in [0.15, 0.2) is 0 Å². The van der Waals surface area contributed by atoms with Crippen molar-refractivity contribution in [1.29, 1.82) is 0 Å². The quantitative estimate of drug-likeness (QED) is 0.618. The Morgan fingerprint density at radius 2 is 2.12 bits per heavy atom. The van der Waals surface area contributed by atoms with Gasteiger partial charge in [-0.3, -0.25) is 14.3 Å². The van der Waals surface area contributed by atoms with Gasteiger partial charge in [-0.2, -0.15) is 0 Å². The summed E-state index contributed by atoms with van der Waals surface area (Å²) in [6.45, 7) is 1.85. The van der Waals surface area contributed by atoms with Crippen LogP contribution in [0.1, 0.15) is 18.9 Å². The lowest BCUT2D eigenvalue weighted by atomic mass is 10.2. The minimum atomic E-state index is -1.10. The second-order valence-electron chi connectivity index (χ2n) is 3.94. The minimum Gasteiger partial charge on any atom is -0.328 e. The molecule has 1 rings (SSSR count). The van der Waals surface area contributed by atoms with Crippen LogP contribution in [0, 0.1) is 10.1 Å². The molecule has 0 bridgehead atoms. The Hall–Kier alpha value is -1.27. The van der Waals surface area contributed by atoms with E-state index in [0.29, 0.717) is 17.7 Å². The van der Waals surface area contributed by atoms with Crippen LogP contribution in [-0.2, 0) is 16.6 Å². The molecular formula is C11H16N2O3S. The largest absolute Gasteiger partial charge is 0.328 e. The molecule has 2 atom stereocenters. The summed E-state index contributed by atoms with van der Waals surface area (Å²) in [7, 11) is -1.10. The van der Waals surface area contributed by atoms with Gasteiger partial charge < -0.3 is 5.73 Å². The van der Waals surface area contributed by atoms with Gasteiger partial charge >= 0.3 is 0 Å². The maximum absolute atomic E-state index is 11.7. The monoisotopic (exact) mass is 256 g/mol. The van der Waals surface area contributed by atoms with Gasteiger partial charge in [0.25, 0.3) is 5.69 Å². The number of para-hydroxylation sites is 1. The number of nitrogens with zero attached hydrogens (tertiary/aromatic N) is 1. The number of nitro benzene ring substituents is 1. The van der Waals surface area contributed by atoms with Crippen molar-refractivity contribution in [1.82, 2.24) is 0 Å². The van der Waals surface area contributed by atoms with Crippen molar-refractivity contribution in [2.24, 2.45) is 5.73 Å². The first-order valence-electron chi connectivity index (χ1n) is 5.33. The van der Waals surface area contributed by atoms with Gasteiger partial charge in [-0.1, -0.05) is 18.2 Å². The molecule has 0 aliphatic rings. The van der Waals surface area contributed by atoms with Gasteiger partial charge in [0.05, 0.1) is 10.7 Å². The van der Waals surface area contributed by atoms with Gasteiger partial charge in [-0.05, 0) is 13.3 Å². The lowest BCUT2D eigenvalue weighted by Crippen LogP contribution is -2.18. The van der Waals surface area contributed by atoms with E-state index >= 15 is 0 Å². The summed E-state index contributed by atoms with van der Waals surface area (Å²) in [6.07, 6.45) is 0.660. The van der Waals surface area contributed by atoms with E-state index in [1.165, 1.54) is 6.07 Å². The van der Waals surface area contributed by atoms with Crippen LogP contribution in [-0.4, -0.2) is 20.9 Å². The minimum absolute atomic E-state index is 0.00436. The van der Waals surface area contributed by atoms with E-state index in [1.807, 2.05) is 6.92 Å². The highest BCUT2D eigenvalue weighted by molar-refractivity contribution is 7.84. The molecule has 0 aliphatic heterocycles. The number of rotatable bonds is 6. The summed E-state index contributed by atoms with van der Waals surface area (Å²) >= 11 is 0. The van der Waals surface area contributed by atoms with E-state index in [4.69, 9.17) is 5.73 Å². The highest BCUT2D eigenvalue weighted by Gasteiger charge is 2.14. The van der Waals surface area contributed by atoms with Crippen LogP contribution >= 0.6 is 0 Å². The Labute approximate surface area is 103 Å². The molecule has 0 spiro atoms. The molecule has 1 aromatic rings. The molecule has 5 nitrogen and oxygen atoms in total. The summed E-state index contributed by atoms with van der Waals surface area (Å²) in [4.78, 5) is 10.3. The second-order valence-corrected chi connectivity index (χ2v) is 5.52. The predicted octanol–water partition coefficient (Wildman–Crippen LogP) is 1.58. The molecule has 94 valence electrons. The van der Waals surface area contributed by atoms with Crippen molar-refractivity contribution in [2.45, 2.75) is 25.1 Å². The van der Waals surface area contributed by atoms with Crippen molar-refractivity contribution in [3.8, 4) is 0 Å². The third-order valence-corrected chi connectivity index (χ3v) is 3.63. The van der Waals surface area contributed by atoms with Crippen LogP contribution in [0.15, 0.2) is 24.3 Å². The van der Waals surface area contributed by atoms with Crippen LogP contribution in [0.25, 0.3) is 0 Å². The zero-order chi connectivity index (χ0) is 12.8. The number of hydrogen-bond donors (Lipinski definition) is 1. The topological polar surface area (TPSA) is 86.2 Å². The van der Waals surface area contributed by atoms with Crippen molar-refractivity contribution in [3.63, 3.8) is 0 Å². The zero-order valence-corrected chi connectivity index (χ0v) is 10.5. The second kappa shape index (κ2) is 6.46. The summed E-state index contributed by atoms with van der Waals surface area (Å²) in [5, 5.41) is 10.8. The summed E-state index contributed by atoms with van der Waals surface area (Å²) in [5.41, 5.74) is 6.11. The van der Waals surface area contributed by atoms with Crippen LogP contribution in [0.5, 0.6) is 0 Å². The van der Waals surface area contributed by atoms with Crippen LogP contribution < -0.4 is 5.73 Å². The fourth-order valence-electron chi connectivity index (χ4n) is 1.37. The molecule has 0 aliphatic carbocycles. The molecule has 0 heterocycles. The van der Waals surface area contributed by atoms with Crippen LogP contribution in [0.3, 0.4) is 0 Å².